The second-order valence-electron chi connectivity index (χ2n) is 6.48. The average Bonchev–Trinajstić information content (AvgIpc) is 2.40. The molecule has 0 bridgehead atoms. The Kier molecular flexibility index (Phi) is 13.2. The second kappa shape index (κ2) is 12.9. The van der Waals surface area contributed by atoms with E-state index >= 15 is 0 Å². The van der Waals surface area contributed by atoms with Crippen LogP contribution in [0.5, 0.6) is 0 Å². The molecule has 0 fully saturated rings. The van der Waals surface area contributed by atoms with E-state index in [1.807, 2.05) is 25.6 Å². The van der Waals surface area contributed by atoms with Crippen LogP contribution in [0, 0.1) is 0 Å². The quantitative estimate of drug-likeness (QED) is 0.273. The summed E-state index contributed by atoms with van der Waals surface area (Å²) in [7, 11) is 0. The van der Waals surface area contributed by atoms with Gasteiger partial charge in [0.1, 0.15) is 13.6 Å². The zero-order chi connectivity index (χ0) is 16.9. The summed E-state index contributed by atoms with van der Waals surface area (Å²) < 4.78 is 21.7. The maximum Gasteiger partial charge on any atom is 0.146 e. The van der Waals surface area contributed by atoms with Crippen LogP contribution in [0.15, 0.2) is 0 Å². The third-order valence-electron chi connectivity index (χ3n) is 2.71. The van der Waals surface area contributed by atoms with Crippen LogP contribution in [0.4, 0.5) is 0 Å². The predicted molar refractivity (Wildman–Crippen MR) is 98.1 cm³/mol. The zero-order valence-corrected chi connectivity index (χ0v) is 16.6. The molecular formula is C16H34O4S2. The Morgan fingerprint density at radius 3 is 2.09 bits per heavy atom. The summed E-state index contributed by atoms with van der Waals surface area (Å²) in [6.45, 7) is 14.1. The predicted octanol–water partition coefficient (Wildman–Crippen LogP) is 3.99. The highest BCUT2D eigenvalue weighted by molar-refractivity contribution is 8.00. The second-order valence-corrected chi connectivity index (χ2v) is 9.49. The summed E-state index contributed by atoms with van der Waals surface area (Å²) >= 11 is 6.28. The van der Waals surface area contributed by atoms with Crippen LogP contribution in [-0.4, -0.2) is 55.3 Å². The molecule has 0 heterocycles. The fraction of sp³-hybridized carbons (Fsp3) is 1.00. The number of thiol groups is 1. The van der Waals surface area contributed by atoms with E-state index in [1.165, 1.54) is 0 Å². The molecule has 4 nitrogen and oxygen atoms in total. The van der Waals surface area contributed by atoms with Crippen molar-refractivity contribution in [3.8, 4) is 0 Å². The fourth-order valence-corrected chi connectivity index (χ4v) is 2.57. The Balaban J connectivity index is 3.44. The van der Waals surface area contributed by atoms with E-state index in [2.05, 4.69) is 33.4 Å². The molecule has 0 aliphatic rings. The number of hydrogen-bond acceptors (Lipinski definition) is 6. The van der Waals surface area contributed by atoms with Gasteiger partial charge in [0.25, 0.3) is 0 Å². The summed E-state index contributed by atoms with van der Waals surface area (Å²) in [4.78, 5) is 0. The molecule has 0 aromatic carbocycles. The molecule has 22 heavy (non-hydrogen) atoms. The highest BCUT2D eigenvalue weighted by Gasteiger charge is 2.18. The standard InChI is InChI=1S/C16H34O4S2/c1-6-8-17-13-18-9-7-16(4,5)22-11-10-19-14-20-12-15(2,3)21/h21H,6-14H2,1-5H3. The molecule has 0 unspecified atom stereocenters. The van der Waals surface area contributed by atoms with Crippen LogP contribution in [0.25, 0.3) is 0 Å². The van der Waals surface area contributed by atoms with Crippen molar-refractivity contribution in [1.82, 2.24) is 0 Å². The molecule has 0 N–H and O–H groups in total. The van der Waals surface area contributed by atoms with Crippen LogP contribution in [0.3, 0.4) is 0 Å². The van der Waals surface area contributed by atoms with Gasteiger partial charge in [-0.3, -0.25) is 0 Å². The van der Waals surface area contributed by atoms with Crippen molar-refractivity contribution in [1.29, 1.82) is 0 Å². The molecule has 0 amide bonds. The van der Waals surface area contributed by atoms with Gasteiger partial charge in [0.15, 0.2) is 0 Å². The first-order chi connectivity index (χ1) is 10.3. The average molecular weight is 355 g/mol. The Bertz CT molecular complexity index is 255. The lowest BCUT2D eigenvalue weighted by atomic mass is 10.1. The van der Waals surface area contributed by atoms with E-state index in [4.69, 9.17) is 18.9 Å². The SMILES string of the molecule is CCCOCOCCC(C)(C)SCCOCOCC(C)(C)S. The Morgan fingerprint density at radius 2 is 1.45 bits per heavy atom. The molecule has 0 aliphatic heterocycles. The minimum absolute atomic E-state index is 0.110. The molecule has 0 aromatic heterocycles. The van der Waals surface area contributed by atoms with Gasteiger partial charge in [0.2, 0.25) is 0 Å². The fourth-order valence-electron chi connectivity index (χ4n) is 1.50. The van der Waals surface area contributed by atoms with Crippen molar-refractivity contribution in [2.45, 2.75) is 57.0 Å². The van der Waals surface area contributed by atoms with E-state index in [0.717, 1.165) is 31.8 Å². The van der Waals surface area contributed by atoms with Gasteiger partial charge in [-0.1, -0.05) is 20.8 Å². The molecule has 0 saturated carbocycles. The summed E-state index contributed by atoms with van der Waals surface area (Å²) in [6.07, 6.45) is 2.03. The zero-order valence-electron chi connectivity index (χ0n) is 14.9. The number of thioether (sulfide) groups is 1. The van der Waals surface area contributed by atoms with Crippen LogP contribution >= 0.6 is 24.4 Å². The third-order valence-corrected chi connectivity index (χ3v) is 4.19. The first kappa shape index (κ1) is 22.5. The van der Waals surface area contributed by atoms with Crippen LogP contribution in [-0.2, 0) is 18.9 Å². The molecule has 0 aromatic rings. The largest absolute Gasteiger partial charge is 0.355 e. The lowest BCUT2D eigenvalue weighted by molar-refractivity contribution is -0.0554. The Morgan fingerprint density at radius 1 is 0.864 bits per heavy atom. The van der Waals surface area contributed by atoms with Crippen molar-refractivity contribution >= 4 is 24.4 Å². The highest BCUT2D eigenvalue weighted by Crippen LogP contribution is 2.27. The summed E-state index contributed by atoms with van der Waals surface area (Å²) in [5.74, 6) is 0.951. The van der Waals surface area contributed by atoms with Gasteiger partial charge in [-0.15, -0.1) is 0 Å². The van der Waals surface area contributed by atoms with Crippen molar-refractivity contribution in [2.75, 3.05) is 45.8 Å². The van der Waals surface area contributed by atoms with Gasteiger partial charge < -0.3 is 18.9 Å². The maximum absolute atomic E-state index is 5.47. The van der Waals surface area contributed by atoms with Crippen LogP contribution < -0.4 is 0 Å². The van der Waals surface area contributed by atoms with E-state index in [1.54, 1.807) is 0 Å². The first-order valence-corrected chi connectivity index (χ1v) is 9.37. The van der Waals surface area contributed by atoms with Gasteiger partial charge >= 0.3 is 0 Å². The van der Waals surface area contributed by atoms with Crippen molar-refractivity contribution in [3.05, 3.63) is 0 Å². The topological polar surface area (TPSA) is 36.9 Å². The number of ether oxygens (including phenoxy) is 4. The summed E-state index contributed by atoms with van der Waals surface area (Å²) in [5, 5.41) is 0. The van der Waals surface area contributed by atoms with Crippen LogP contribution in [0.1, 0.15) is 47.5 Å². The van der Waals surface area contributed by atoms with Gasteiger partial charge in [-0.25, -0.2) is 0 Å². The lowest BCUT2D eigenvalue weighted by Gasteiger charge is -2.24. The minimum atomic E-state index is -0.110. The Labute approximate surface area is 146 Å². The Hall–Kier alpha value is 0.540. The summed E-state index contributed by atoms with van der Waals surface area (Å²) in [6, 6.07) is 0. The number of hydrogen-bond donors (Lipinski definition) is 1. The smallest absolute Gasteiger partial charge is 0.146 e. The van der Waals surface area contributed by atoms with Gasteiger partial charge in [-0.05, 0) is 26.7 Å². The normalized spacial score (nSPS) is 12.8. The molecule has 0 spiro atoms. The van der Waals surface area contributed by atoms with Gasteiger partial charge in [0.05, 0.1) is 19.8 Å². The van der Waals surface area contributed by atoms with Gasteiger partial charge in [0, 0.05) is 21.9 Å². The molecule has 0 aliphatic carbocycles. The van der Waals surface area contributed by atoms with Gasteiger partial charge in [-0.2, -0.15) is 24.4 Å². The number of rotatable bonds is 15. The first-order valence-electron chi connectivity index (χ1n) is 7.94. The molecule has 134 valence electrons. The van der Waals surface area contributed by atoms with E-state index in [0.29, 0.717) is 26.8 Å². The maximum atomic E-state index is 5.47. The molecule has 0 saturated heterocycles. The van der Waals surface area contributed by atoms with Crippen molar-refractivity contribution in [2.24, 2.45) is 0 Å². The highest BCUT2D eigenvalue weighted by atomic mass is 32.2. The molecule has 0 atom stereocenters. The van der Waals surface area contributed by atoms with Crippen LogP contribution in [0.2, 0.25) is 0 Å². The van der Waals surface area contributed by atoms with E-state index < -0.39 is 0 Å². The van der Waals surface area contributed by atoms with Crippen molar-refractivity contribution < 1.29 is 18.9 Å². The molecule has 0 radical (unpaired) electrons. The summed E-state index contributed by atoms with van der Waals surface area (Å²) in [5.41, 5.74) is 0. The third kappa shape index (κ3) is 16.9. The van der Waals surface area contributed by atoms with Crippen molar-refractivity contribution in [3.63, 3.8) is 0 Å². The van der Waals surface area contributed by atoms with E-state index in [9.17, 15) is 0 Å². The monoisotopic (exact) mass is 354 g/mol. The molecule has 0 rings (SSSR count). The van der Waals surface area contributed by atoms with E-state index in [-0.39, 0.29) is 9.49 Å². The molecular weight excluding hydrogens is 320 g/mol. The lowest BCUT2D eigenvalue weighted by Crippen LogP contribution is -2.21. The minimum Gasteiger partial charge on any atom is -0.355 e. The molecule has 6 heteroatoms.